The van der Waals surface area contributed by atoms with Crippen LogP contribution in [0.1, 0.15) is 26.7 Å². The van der Waals surface area contributed by atoms with Gasteiger partial charge < -0.3 is 20.9 Å². The van der Waals surface area contributed by atoms with Crippen molar-refractivity contribution in [1.82, 2.24) is 0 Å². The van der Waals surface area contributed by atoms with E-state index in [2.05, 4.69) is 0 Å². The van der Waals surface area contributed by atoms with Crippen LogP contribution in [0.2, 0.25) is 0 Å². The van der Waals surface area contributed by atoms with Gasteiger partial charge in [0.25, 0.3) is 0 Å². The highest BCUT2D eigenvalue weighted by atomic mass is 16.5. The van der Waals surface area contributed by atoms with Gasteiger partial charge in [0, 0.05) is 13.2 Å². The van der Waals surface area contributed by atoms with Gasteiger partial charge in [-0.2, -0.15) is 0 Å². The van der Waals surface area contributed by atoms with Crippen LogP contribution in [-0.2, 0) is 19.1 Å². The molecule has 0 saturated carbocycles. The lowest BCUT2D eigenvalue weighted by Crippen LogP contribution is -2.29. The summed E-state index contributed by atoms with van der Waals surface area (Å²) in [7, 11) is 0. The third-order valence-electron chi connectivity index (χ3n) is 2.08. The molecule has 0 fully saturated rings. The summed E-state index contributed by atoms with van der Waals surface area (Å²) in [4.78, 5) is 21.2. The van der Waals surface area contributed by atoms with Gasteiger partial charge in [-0.15, -0.1) is 0 Å². The highest BCUT2D eigenvalue weighted by Gasteiger charge is 2.09. The summed E-state index contributed by atoms with van der Waals surface area (Å²) in [6.45, 7) is 4.10. The van der Waals surface area contributed by atoms with E-state index in [9.17, 15) is 9.59 Å². The van der Waals surface area contributed by atoms with Gasteiger partial charge in [0.15, 0.2) is 0 Å². The maximum atomic E-state index is 10.6. The topological polar surface area (TPSA) is 105 Å². The molecule has 2 amide bonds. The Kier molecular flexibility index (Phi) is 7.49. The highest BCUT2D eigenvalue weighted by molar-refractivity contribution is 5.78. The lowest BCUT2D eigenvalue weighted by molar-refractivity contribution is -0.130. The standard InChI is InChI=1S/C10H20N2O4/c1-7(9(11)13)15-5-3-4-6-16-8(2)10(12)14/h7-8H,3-6H2,1-2H3,(H2,11,13)(H2,12,14). The van der Waals surface area contributed by atoms with Gasteiger partial charge in [0.05, 0.1) is 0 Å². The van der Waals surface area contributed by atoms with Gasteiger partial charge >= 0.3 is 0 Å². The molecule has 6 nitrogen and oxygen atoms in total. The highest BCUT2D eigenvalue weighted by Crippen LogP contribution is 1.97. The Hall–Kier alpha value is -1.14. The SMILES string of the molecule is CC(OCCCCOC(C)C(N)=O)C(N)=O. The molecule has 0 saturated heterocycles. The quantitative estimate of drug-likeness (QED) is 0.525. The van der Waals surface area contributed by atoms with E-state index in [0.717, 1.165) is 12.8 Å². The van der Waals surface area contributed by atoms with E-state index >= 15 is 0 Å². The van der Waals surface area contributed by atoms with E-state index in [1.807, 2.05) is 0 Å². The van der Waals surface area contributed by atoms with Gasteiger partial charge in [0.1, 0.15) is 12.2 Å². The van der Waals surface area contributed by atoms with E-state index in [1.165, 1.54) is 0 Å². The Bertz CT molecular complexity index is 209. The Labute approximate surface area is 95.3 Å². The van der Waals surface area contributed by atoms with Crippen molar-refractivity contribution in [3.8, 4) is 0 Å². The molecular weight excluding hydrogens is 212 g/mol. The van der Waals surface area contributed by atoms with Gasteiger partial charge in [-0.05, 0) is 26.7 Å². The Morgan fingerprint density at radius 3 is 1.50 bits per heavy atom. The van der Waals surface area contributed by atoms with E-state index in [-0.39, 0.29) is 0 Å². The molecule has 0 radical (unpaired) electrons. The van der Waals surface area contributed by atoms with Crippen molar-refractivity contribution < 1.29 is 19.1 Å². The largest absolute Gasteiger partial charge is 0.369 e. The second-order valence-corrected chi connectivity index (χ2v) is 3.54. The minimum atomic E-state index is -0.564. The number of carbonyl (C=O) groups excluding carboxylic acids is 2. The summed E-state index contributed by atoms with van der Waals surface area (Å²) >= 11 is 0. The third-order valence-corrected chi connectivity index (χ3v) is 2.08. The first-order chi connectivity index (χ1) is 7.45. The van der Waals surface area contributed by atoms with Crippen LogP contribution < -0.4 is 11.5 Å². The molecular formula is C10H20N2O4. The first-order valence-corrected chi connectivity index (χ1v) is 5.27. The molecule has 0 aliphatic rings. The van der Waals surface area contributed by atoms with Crippen molar-refractivity contribution in [2.75, 3.05) is 13.2 Å². The predicted molar refractivity (Wildman–Crippen MR) is 58.5 cm³/mol. The molecule has 0 aromatic heterocycles. The summed E-state index contributed by atoms with van der Waals surface area (Å²) < 4.78 is 10.3. The van der Waals surface area contributed by atoms with Crippen LogP contribution in [0, 0.1) is 0 Å². The van der Waals surface area contributed by atoms with Crippen molar-refractivity contribution >= 4 is 11.8 Å². The Morgan fingerprint density at radius 2 is 1.25 bits per heavy atom. The number of nitrogens with two attached hydrogens (primary N) is 2. The molecule has 0 aromatic rings. The van der Waals surface area contributed by atoms with Crippen LogP contribution >= 0.6 is 0 Å². The van der Waals surface area contributed by atoms with Gasteiger partial charge in [-0.25, -0.2) is 0 Å². The van der Waals surface area contributed by atoms with E-state index in [1.54, 1.807) is 13.8 Å². The number of ether oxygens (including phenoxy) is 2. The average Bonchev–Trinajstić information content (AvgIpc) is 2.21. The number of primary amides is 2. The maximum Gasteiger partial charge on any atom is 0.246 e. The van der Waals surface area contributed by atoms with Crippen molar-refractivity contribution in [1.29, 1.82) is 0 Å². The maximum absolute atomic E-state index is 10.6. The van der Waals surface area contributed by atoms with Crippen LogP contribution in [-0.4, -0.2) is 37.2 Å². The van der Waals surface area contributed by atoms with E-state index in [0.29, 0.717) is 13.2 Å². The normalized spacial score (nSPS) is 14.4. The number of hydrogen-bond donors (Lipinski definition) is 2. The van der Waals surface area contributed by atoms with E-state index < -0.39 is 24.0 Å². The summed E-state index contributed by atoms with van der Waals surface area (Å²) in [6, 6.07) is 0. The second-order valence-electron chi connectivity index (χ2n) is 3.54. The van der Waals surface area contributed by atoms with Gasteiger partial charge in [0.2, 0.25) is 11.8 Å². The van der Waals surface area contributed by atoms with Crippen LogP contribution in [0.3, 0.4) is 0 Å². The van der Waals surface area contributed by atoms with Crippen LogP contribution in [0.15, 0.2) is 0 Å². The van der Waals surface area contributed by atoms with E-state index in [4.69, 9.17) is 20.9 Å². The van der Waals surface area contributed by atoms with Crippen molar-refractivity contribution in [3.63, 3.8) is 0 Å². The summed E-state index contributed by atoms with van der Waals surface area (Å²) in [5.74, 6) is -0.947. The molecule has 6 heteroatoms. The molecule has 16 heavy (non-hydrogen) atoms. The first kappa shape index (κ1) is 14.9. The molecule has 94 valence electrons. The molecule has 0 heterocycles. The number of rotatable bonds is 9. The molecule has 2 unspecified atom stereocenters. The fraction of sp³-hybridized carbons (Fsp3) is 0.800. The zero-order valence-electron chi connectivity index (χ0n) is 9.77. The van der Waals surface area contributed by atoms with Crippen molar-refractivity contribution in [2.45, 2.75) is 38.9 Å². The minimum absolute atomic E-state index is 0.443. The number of hydrogen-bond acceptors (Lipinski definition) is 4. The van der Waals surface area contributed by atoms with Crippen molar-refractivity contribution in [2.24, 2.45) is 11.5 Å². The Morgan fingerprint density at radius 1 is 0.938 bits per heavy atom. The average molecular weight is 232 g/mol. The van der Waals surface area contributed by atoms with Crippen LogP contribution in [0.25, 0.3) is 0 Å². The molecule has 4 N–H and O–H groups in total. The molecule has 0 aromatic carbocycles. The lowest BCUT2D eigenvalue weighted by Gasteiger charge is -2.10. The summed E-state index contributed by atoms with van der Waals surface area (Å²) in [5.41, 5.74) is 10.0. The van der Waals surface area contributed by atoms with Gasteiger partial charge in [-0.1, -0.05) is 0 Å². The minimum Gasteiger partial charge on any atom is -0.369 e. The second kappa shape index (κ2) is 8.06. The fourth-order valence-corrected chi connectivity index (χ4v) is 0.889. The fourth-order valence-electron chi connectivity index (χ4n) is 0.889. The molecule has 2 atom stereocenters. The Balaban J connectivity index is 3.34. The molecule has 0 bridgehead atoms. The number of carbonyl (C=O) groups is 2. The zero-order valence-corrected chi connectivity index (χ0v) is 9.77. The molecule has 0 aliphatic carbocycles. The first-order valence-electron chi connectivity index (χ1n) is 5.27. The summed E-state index contributed by atoms with van der Waals surface area (Å²) in [6.07, 6.45) is 0.350. The van der Waals surface area contributed by atoms with Crippen molar-refractivity contribution in [3.05, 3.63) is 0 Å². The third kappa shape index (κ3) is 7.19. The number of unbranched alkanes of at least 4 members (excludes halogenated alkanes) is 1. The lowest BCUT2D eigenvalue weighted by atomic mass is 10.3. The smallest absolute Gasteiger partial charge is 0.246 e. The monoisotopic (exact) mass is 232 g/mol. The predicted octanol–water partition coefficient (Wildman–Crippen LogP) is -0.453. The number of amides is 2. The van der Waals surface area contributed by atoms with Crippen LogP contribution in [0.5, 0.6) is 0 Å². The zero-order chi connectivity index (χ0) is 12.6. The molecule has 0 aliphatic heterocycles. The summed E-state index contributed by atoms with van der Waals surface area (Å²) in [5, 5.41) is 0. The molecule has 0 rings (SSSR count). The van der Waals surface area contributed by atoms with Gasteiger partial charge in [-0.3, -0.25) is 9.59 Å². The molecule has 0 spiro atoms. The van der Waals surface area contributed by atoms with Crippen LogP contribution in [0.4, 0.5) is 0 Å².